The predicted molar refractivity (Wildman–Crippen MR) is 85.0 cm³/mol. The van der Waals surface area contributed by atoms with Crippen molar-refractivity contribution in [1.82, 2.24) is 9.55 Å². The van der Waals surface area contributed by atoms with E-state index in [4.69, 9.17) is 0 Å². The topological polar surface area (TPSA) is 29.9 Å². The van der Waals surface area contributed by atoms with Crippen molar-refractivity contribution in [2.45, 2.75) is 6.54 Å². The molecular formula is C16H14BrN3. The number of nitrogens with zero attached hydrogens (tertiary/aromatic N) is 2. The molecule has 0 aliphatic carbocycles. The van der Waals surface area contributed by atoms with Gasteiger partial charge in [0.25, 0.3) is 0 Å². The Balaban J connectivity index is 1.76. The second-order valence-corrected chi connectivity index (χ2v) is 5.35. The third kappa shape index (κ3) is 2.91. The lowest BCUT2D eigenvalue weighted by Crippen LogP contribution is -2.05. The third-order valence-electron chi connectivity index (χ3n) is 3.04. The summed E-state index contributed by atoms with van der Waals surface area (Å²) >= 11 is 3.44. The van der Waals surface area contributed by atoms with Gasteiger partial charge in [-0.3, -0.25) is 4.57 Å². The van der Waals surface area contributed by atoms with Crippen LogP contribution in [0.2, 0.25) is 0 Å². The first-order chi connectivity index (χ1) is 9.83. The zero-order chi connectivity index (χ0) is 13.8. The van der Waals surface area contributed by atoms with Crippen LogP contribution in [0.5, 0.6) is 0 Å². The molecule has 0 saturated carbocycles. The summed E-state index contributed by atoms with van der Waals surface area (Å²) in [6.45, 7) is 0.747. The lowest BCUT2D eigenvalue weighted by molar-refractivity contribution is 1.00. The highest BCUT2D eigenvalue weighted by atomic mass is 79.9. The van der Waals surface area contributed by atoms with E-state index in [2.05, 4.69) is 50.5 Å². The van der Waals surface area contributed by atoms with Gasteiger partial charge in [0.15, 0.2) is 0 Å². The summed E-state index contributed by atoms with van der Waals surface area (Å²) in [5.74, 6) is 0.846. The number of aromatic nitrogens is 2. The molecule has 4 heteroatoms. The summed E-state index contributed by atoms with van der Waals surface area (Å²) in [5.41, 5.74) is 2.32. The van der Waals surface area contributed by atoms with Gasteiger partial charge in [-0.1, -0.05) is 46.3 Å². The Morgan fingerprint density at radius 1 is 1.00 bits per heavy atom. The lowest BCUT2D eigenvalue weighted by atomic mass is 10.2. The quantitative estimate of drug-likeness (QED) is 0.776. The maximum atomic E-state index is 4.37. The van der Waals surface area contributed by atoms with Crippen LogP contribution in [-0.4, -0.2) is 9.55 Å². The average molecular weight is 328 g/mol. The fourth-order valence-electron chi connectivity index (χ4n) is 2.01. The minimum absolute atomic E-state index is 0.747. The molecule has 0 aliphatic rings. The molecule has 1 N–H and O–H groups in total. The number of hydrogen-bond donors (Lipinski definition) is 1. The molecule has 0 amide bonds. The predicted octanol–water partition coefficient (Wildman–Crippen LogP) is 4.25. The number of imidazole rings is 1. The molecule has 0 aliphatic heterocycles. The standard InChI is InChI=1S/C16H14BrN3/c17-14-8-6-13(7-9-14)12-19-16-18-10-11-20(16)15-4-2-1-3-5-15/h1-11H,12H2,(H,18,19). The Bertz CT molecular complexity index is 674. The fourth-order valence-corrected chi connectivity index (χ4v) is 2.28. The van der Waals surface area contributed by atoms with Gasteiger partial charge < -0.3 is 5.32 Å². The van der Waals surface area contributed by atoms with Gasteiger partial charge in [-0.25, -0.2) is 4.98 Å². The van der Waals surface area contributed by atoms with Crippen LogP contribution < -0.4 is 5.32 Å². The van der Waals surface area contributed by atoms with Crippen molar-refractivity contribution in [3.63, 3.8) is 0 Å². The molecule has 3 aromatic rings. The Labute approximate surface area is 126 Å². The molecule has 0 atom stereocenters. The van der Waals surface area contributed by atoms with Gasteiger partial charge in [0, 0.05) is 29.1 Å². The summed E-state index contributed by atoms with van der Waals surface area (Å²) < 4.78 is 3.13. The molecule has 0 fully saturated rings. The van der Waals surface area contributed by atoms with Crippen LogP contribution in [0.25, 0.3) is 5.69 Å². The average Bonchev–Trinajstić information content (AvgIpc) is 2.96. The van der Waals surface area contributed by atoms with Crippen molar-refractivity contribution < 1.29 is 0 Å². The summed E-state index contributed by atoms with van der Waals surface area (Å²) in [4.78, 5) is 4.37. The Morgan fingerprint density at radius 2 is 1.75 bits per heavy atom. The van der Waals surface area contributed by atoms with Crippen molar-refractivity contribution in [1.29, 1.82) is 0 Å². The highest BCUT2D eigenvalue weighted by Crippen LogP contribution is 2.15. The smallest absolute Gasteiger partial charge is 0.207 e. The molecule has 0 unspecified atom stereocenters. The minimum Gasteiger partial charge on any atom is -0.351 e. The Hall–Kier alpha value is -2.07. The van der Waals surface area contributed by atoms with E-state index in [9.17, 15) is 0 Å². The normalized spacial score (nSPS) is 10.4. The molecule has 20 heavy (non-hydrogen) atoms. The van der Waals surface area contributed by atoms with Crippen LogP contribution >= 0.6 is 15.9 Å². The Kier molecular flexibility index (Phi) is 3.83. The molecule has 1 aromatic heterocycles. The molecule has 3 rings (SSSR count). The van der Waals surface area contributed by atoms with Crippen LogP contribution in [0, 0.1) is 0 Å². The molecule has 0 saturated heterocycles. The lowest BCUT2D eigenvalue weighted by Gasteiger charge is -2.10. The number of anilines is 1. The first kappa shape index (κ1) is 12.9. The van der Waals surface area contributed by atoms with Crippen molar-refractivity contribution in [2.24, 2.45) is 0 Å². The Morgan fingerprint density at radius 3 is 2.50 bits per heavy atom. The third-order valence-corrected chi connectivity index (χ3v) is 3.57. The van der Waals surface area contributed by atoms with E-state index in [1.54, 1.807) is 6.20 Å². The first-order valence-corrected chi connectivity index (χ1v) is 7.19. The van der Waals surface area contributed by atoms with E-state index in [0.717, 1.165) is 22.7 Å². The SMILES string of the molecule is Brc1ccc(CNc2nccn2-c2ccccc2)cc1. The van der Waals surface area contributed by atoms with Gasteiger partial charge in [-0.15, -0.1) is 0 Å². The maximum absolute atomic E-state index is 4.37. The highest BCUT2D eigenvalue weighted by molar-refractivity contribution is 9.10. The number of rotatable bonds is 4. The minimum atomic E-state index is 0.747. The summed E-state index contributed by atoms with van der Waals surface area (Å²) in [6, 6.07) is 18.4. The van der Waals surface area contributed by atoms with Crippen LogP contribution in [0.15, 0.2) is 71.5 Å². The first-order valence-electron chi connectivity index (χ1n) is 6.40. The second kappa shape index (κ2) is 5.92. The molecule has 0 bridgehead atoms. The van der Waals surface area contributed by atoms with E-state index in [1.807, 2.05) is 41.1 Å². The molecule has 2 aromatic carbocycles. The van der Waals surface area contributed by atoms with Gasteiger partial charge in [-0.2, -0.15) is 0 Å². The molecule has 0 spiro atoms. The number of benzene rings is 2. The van der Waals surface area contributed by atoms with Crippen LogP contribution in [0.4, 0.5) is 5.95 Å². The number of para-hydroxylation sites is 1. The van der Waals surface area contributed by atoms with E-state index >= 15 is 0 Å². The van der Waals surface area contributed by atoms with Crippen LogP contribution in [-0.2, 0) is 6.54 Å². The van der Waals surface area contributed by atoms with Gasteiger partial charge in [-0.05, 0) is 29.8 Å². The summed E-state index contributed by atoms with van der Waals surface area (Å²) in [6.07, 6.45) is 3.76. The largest absolute Gasteiger partial charge is 0.351 e. The van der Waals surface area contributed by atoms with E-state index < -0.39 is 0 Å². The number of hydrogen-bond acceptors (Lipinski definition) is 2. The molecule has 1 heterocycles. The number of halogens is 1. The van der Waals surface area contributed by atoms with E-state index in [1.165, 1.54) is 5.56 Å². The molecular weight excluding hydrogens is 314 g/mol. The molecule has 0 radical (unpaired) electrons. The molecule has 100 valence electrons. The summed E-state index contributed by atoms with van der Waals surface area (Å²) in [7, 11) is 0. The summed E-state index contributed by atoms with van der Waals surface area (Å²) in [5, 5.41) is 3.36. The van der Waals surface area contributed by atoms with Crippen molar-refractivity contribution in [2.75, 3.05) is 5.32 Å². The van der Waals surface area contributed by atoms with Gasteiger partial charge >= 0.3 is 0 Å². The molecule has 3 nitrogen and oxygen atoms in total. The second-order valence-electron chi connectivity index (χ2n) is 4.44. The van der Waals surface area contributed by atoms with E-state index in [0.29, 0.717) is 0 Å². The van der Waals surface area contributed by atoms with E-state index in [-0.39, 0.29) is 0 Å². The van der Waals surface area contributed by atoms with Crippen molar-refractivity contribution in [3.05, 3.63) is 77.0 Å². The van der Waals surface area contributed by atoms with Crippen LogP contribution in [0.3, 0.4) is 0 Å². The van der Waals surface area contributed by atoms with Crippen LogP contribution in [0.1, 0.15) is 5.56 Å². The number of nitrogens with one attached hydrogen (secondary N) is 1. The maximum Gasteiger partial charge on any atom is 0.207 e. The van der Waals surface area contributed by atoms with Crippen molar-refractivity contribution in [3.8, 4) is 5.69 Å². The zero-order valence-electron chi connectivity index (χ0n) is 10.8. The van der Waals surface area contributed by atoms with Crippen molar-refractivity contribution >= 4 is 21.9 Å². The highest BCUT2D eigenvalue weighted by Gasteiger charge is 2.03. The zero-order valence-corrected chi connectivity index (χ0v) is 12.4. The van der Waals surface area contributed by atoms with Gasteiger partial charge in [0.05, 0.1) is 0 Å². The monoisotopic (exact) mass is 327 g/mol. The van der Waals surface area contributed by atoms with Gasteiger partial charge in [0.1, 0.15) is 0 Å². The fraction of sp³-hybridized carbons (Fsp3) is 0.0625. The van der Waals surface area contributed by atoms with Gasteiger partial charge in [0.2, 0.25) is 5.95 Å².